The van der Waals surface area contributed by atoms with Gasteiger partial charge in [-0.05, 0) is 25.2 Å². The maximum atomic E-state index is 5.26. The zero-order valence-electron chi connectivity index (χ0n) is 6.64. The highest BCUT2D eigenvalue weighted by Crippen LogP contribution is 2.28. The van der Waals surface area contributed by atoms with Crippen LogP contribution in [0.2, 0.25) is 0 Å². The lowest BCUT2D eigenvalue weighted by Crippen LogP contribution is -2.22. The van der Waals surface area contributed by atoms with Crippen molar-refractivity contribution in [1.29, 1.82) is 0 Å². The third kappa shape index (κ3) is 1.49. The zero-order valence-corrected chi connectivity index (χ0v) is 6.64. The second kappa shape index (κ2) is 3.59. The van der Waals surface area contributed by atoms with E-state index in [0.717, 1.165) is 12.3 Å². The fourth-order valence-corrected chi connectivity index (χ4v) is 1.37. The summed E-state index contributed by atoms with van der Waals surface area (Å²) < 4.78 is 0. The van der Waals surface area contributed by atoms with E-state index in [4.69, 9.17) is 5.84 Å². The largest absolute Gasteiger partial charge is 0.323 e. The van der Waals surface area contributed by atoms with Crippen molar-refractivity contribution < 1.29 is 0 Å². The summed E-state index contributed by atoms with van der Waals surface area (Å²) in [4.78, 5) is 0. The number of nitrogens with two attached hydrogens (primary N) is 1. The summed E-state index contributed by atoms with van der Waals surface area (Å²) in [7, 11) is 0. The zero-order chi connectivity index (χ0) is 7.40. The number of hydrogen-bond donors (Lipinski definition) is 1. The Morgan fingerprint density at radius 2 is 2.30 bits per heavy atom. The molecule has 0 amide bonds. The lowest BCUT2D eigenvalue weighted by molar-refractivity contribution is 0.407. The van der Waals surface area contributed by atoms with Gasteiger partial charge in [-0.3, -0.25) is 0 Å². The first-order valence-corrected chi connectivity index (χ1v) is 4.15. The second-order valence-corrected chi connectivity index (χ2v) is 3.00. The van der Waals surface area contributed by atoms with E-state index in [-0.39, 0.29) is 0 Å². The average Bonchev–Trinajstić information content (AvgIpc) is 1.83. The number of rotatable bonds is 3. The molecule has 1 rings (SSSR count). The third-order valence-corrected chi connectivity index (χ3v) is 2.25. The highest BCUT2D eigenvalue weighted by atomic mass is 15.1. The van der Waals surface area contributed by atoms with Gasteiger partial charge >= 0.3 is 0 Å². The molecule has 1 aliphatic carbocycles. The molecule has 0 unspecified atom stereocenters. The molecule has 0 aromatic carbocycles. The topological polar surface area (TPSA) is 38.4 Å². The Bertz CT molecular complexity index is 125. The van der Waals surface area contributed by atoms with Gasteiger partial charge in [0.05, 0.1) is 0 Å². The van der Waals surface area contributed by atoms with Crippen molar-refractivity contribution in [2.24, 2.45) is 16.9 Å². The van der Waals surface area contributed by atoms with Gasteiger partial charge < -0.3 is 5.84 Å². The molecule has 1 saturated carbocycles. The fraction of sp³-hybridized carbons (Fsp3) is 0.875. The Morgan fingerprint density at radius 3 is 2.60 bits per heavy atom. The summed E-state index contributed by atoms with van der Waals surface area (Å²) in [6.45, 7) is 2.17. The van der Waals surface area contributed by atoms with Gasteiger partial charge in [-0.1, -0.05) is 19.8 Å². The van der Waals surface area contributed by atoms with Gasteiger partial charge in [-0.2, -0.15) is 5.10 Å². The predicted molar refractivity (Wildman–Crippen MR) is 43.9 cm³/mol. The first-order chi connectivity index (χ1) is 4.88. The van der Waals surface area contributed by atoms with Gasteiger partial charge in [-0.25, -0.2) is 0 Å². The van der Waals surface area contributed by atoms with Crippen molar-refractivity contribution in [3.05, 3.63) is 0 Å². The lowest BCUT2D eigenvalue weighted by Gasteiger charge is -2.26. The van der Waals surface area contributed by atoms with Gasteiger partial charge in [0.25, 0.3) is 0 Å². The average molecular weight is 140 g/mol. The van der Waals surface area contributed by atoms with Crippen LogP contribution in [0.3, 0.4) is 0 Å². The van der Waals surface area contributed by atoms with Gasteiger partial charge in [0, 0.05) is 5.71 Å². The van der Waals surface area contributed by atoms with E-state index in [1.165, 1.54) is 31.4 Å². The molecule has 10 heavy (non-hydrogen) atoms. The van der Waals surface area contributed by atoms with E-state index < -0.39 is 0 Å². The standard InChI is InChI=1S/C8H16N2/c1-2-4-8(10-9)7-5-3-6-7/h7H,2-6,9H2,1H3/b10-8-. The number of hydrogen-bond acceptors (Lipinski definition) is 2. The Kier molecular flexibility index (Phi) is 2.72. The van der Waals surface area contributed by atoms with Crippen LogP contribution in [0.4, 0.5) is 0 Å². The van der Waals surface area contributed by atoms with Gasteiger partial charge in [0.15, 0.2) is 0 Å². The van der Waals surface area contributed by atoms with Crippen LogP contribution in [0, 0.1) is 5.92 Å². The van der Waals surface area contributed by atoms with Crippen molar-refractivity contribution >= 4 is 5.71 Å². The highest BCUT2D eigenvalue weighted by molar-refractivity contribution is 5.87. The van der Waals surface area contributed by atoms with Gasteiger partial charge in [0.2, 0.25) is 0 Å². The van der Waals surface area contributed by atoms with E-state index >= 15 is 0 Å². The van der Waals surface area contributed by atoms with Crippen molar-refractivity contribution in [2.75, 3.05) is 0 Å². The molecular formula is C8H16N2. The molecule has 58 valence electrons. The molecule has 0 heterocycles. The maximum Gasteiger partial charge on any atom is 0.0406 e. The number of hydrazone groups is 1. The quantitative estimate of drug-likeness (QED) is 0.363. The van der Waals surface area contributed by atoms with E-state index in [0.29, 0.717) is 0 Å². The molecule has 2 nitrogen and oxygen atoms in total. The molecule has 0 bridgehead atoms. The molecule has 2 N–H and O–H groups in total. The first-order valence-electron chi connectivity index (χ1n) is 4.15. The minimum absolute atomic E-state index is 0.741. The predicted octanol–water partition coefficient (Wildman–Crippen LogP) is 1.90. The summed E-state index contributed by atoms with van der Waals surface area (Å²) in [6.07, 6.45) is 6.27. The van der Waals surface area contributed by atoms with Crippen molar-refractivity contribution in [1.82, 2.24) is 0 Å². The molecule has 0 aromatic rings. The Morgan fingerprint density at radius 1 is 1.60 bits per heavy atom. The maximum absolute atomic E-state index is 5.26. The Labute approximate surface area is 62.5 Å². The minimum Gasteiger partial charge on any atom is -0.323 e. The van der Waals surface area contributed by atoms with E-state index in [1.54, 1.807) is 0 Å². The molecule has 1 fully saturated rings. The molecule has 0 aliphatic heterocycles. The third-order valence-electron chi connectivity index (χ3n) is 2.25. The van der Waals surface area contributed by atoms with Crippen LogP contribution in [-0.4, -0.2) is 5.71 Å². The first kappa shape index (κ1) is 7.58. The monoisotopic (exact) mass is 140 g/mol. The Balaban J connectivity index is 2.32. The van der Waals surface area contributed by atoms with Crippen molar-refractivity contribution in [3.63, 3.8) is 0 Å². The lowest BCUT2D eigenvalue weighted by atomic mass is 9.80. The second-order valence-electron chi connectivity index (χ2n) is 3.00. The SMILES string of the molecule is CCC/C(=N/N)C1CCC1. The summed E-state index contributed by atoms with van der Waals surface area (Å²) in [5.74, 6) is 6.00. The summed E-state index contributed by atoms with van der Waals surface area (Å²) in [5, 5.41) is 3.82. The van der Waals surface area contributed by atoms with Gasteiger partial charge in [0.1, 0.15) is 0 Å². The van der Waals surface area contributed by atoms with Crippen LogP contribution in [0.25, 0.3) is 0 Å². The normalized spacial score (nSPS) is 20.7. The van der Waals surface area contributed by atoms with Crippen molar-refractivity contribution in [2.45, 2.75) is 39.0 Å². The summed E-state index contributed by atoms with van der Waals surface area (Å²) >= 11 is 0. The smallest absolute Gasteiger partial charge is 0.0406 e. The molecule has 0 saturated heterocycles. The number of nitrogens with zero attached hydrogens (tertiary/aromatic N) is 1. The molecule has 0 radical (unpaired) electrons. The van der Waals surface area contributed by atoms with Crippen molar-refractivity contribution in [3.8, 4) is 0 Å². The summed E-state index contributed by atoms with van der Waals surface area (Å²) in [5.41, 5.74) is 1.24. The molecule has 0 atom stereocenters. The van der Waals surface area contributed by atoms with Crippen LogP contribution in [0.15, 0.2) is 5.10 Å². The Hall–Kier alpha value is -0.530. The fourth-order valence-electron chi connectivity index (χ4n) is 1.37. The van der Waals surface area contributed by atoms with Crippen LogP contribution in [0.5, 0.6) is 0 Å². The van der Waals surface area contributed by atoms with E-state index in [1.807, 2.05) is 0 Å². The van der Waals surface area contributed by atoms with Crippen LogP contribution < -0.4 is 5.84 Å². The van der Waals surface area contributed by atoms with Gasteiger partial charge in [-0.15, -0.1) is 0 Å². The van der Waals surface area contributed by atoms with Crippen LogP contribution in [0.1, 0.15) is 39.0 Å². The molecule has 2 heteroatoms. The van der Waals surface area contributed by atoms with E-state index in [9.17, 15) is 0 Å². The molecule has 1 aliphatic rings. The molecule has 0 aromatic heterocycles. The van der Waals surface area contributed by atoms with Crippen LogP contribution >= 0.6 is 0 Å². The highest BCUT2D eigenvalue weighted by Gasteiger charge is 2.22. The van der Waals surface area contributed by atoms with Crippen LogP contribution in [-0.2, 0) is 0 Å². The minimum atomic E-state index is 0.741. The molecule has 0 spiro atoms. The summed E-state index contributed by atoms with van der Waals surface area (Å²) in [6, 6.07) is 0. The van der Waals surface area contributed by atoms with E-state index in [2.05, 4.69) is 12.0 Å². The molecular weight excluding hydrogens is 124 g/mol.